The van der Waals surface area contributed by atoms with Crippen molar-refractivity contribution >= 4 is 6.16 Å². The van der Waals surface area contributed by atoms with E-state index in [9.17, 15) is 4.79 Å². The van der Waals surface area contributed by atoms with Gasteiger partial charge in [0.05, 0.1) is 0 Å². The molecule has 0 aromatic carbocycles. The number of hydrogen-bond acceptors (Lipinski definition) is 2. The molecular weight excluding hydrogens is 132 g/mol. The van der Waals surface area contributed by atoms with Gasteiger partial charge in [0.15, 0.2) is 0 Å². The highest BCUT2D eigenvalue weighted by Gasteiger charge is 2.13. The lowest BCUT2D eigenvalue weighted by Crippen LogP contribution is -2.22. The Bertz CT molecular complexity index is 91.5. The van der Waals surface area contributed by atoms with E-state index in [1.165, 1.54) is 0 Å². The Morgan fingerprint density at radius 2 is 1.60 bits per heavy atom. The molecule has 0 spiro atoms. The van der Waals surface area contributed by atoms with Gasteiger partial charge in [-0.1, -0.05) is 13.8 Å². The first-order valence-electron chi connectivity index (χ1n) is 3.34. The lowest BCUT2D eigenvalue weighted by atomic mass is 10.2. The minimum absolute atomic E-state index is 0.578. The van der Waals surface area contributed by atoms with Crippen molar-refractivity contribution in [2.45, 2.75) is 40.2 Å². The summed E-state index contributed by atoms with van der Waals surface area (Å²) in [4.78, 5) is 9.79. The largest absolute Gasteiger partial charge is 0.506 e. The van der Waals surface area contributed by atoms with Crippen molar-refractivity contribution in [3.8, 4) is 0 Å². The van der Waals surface area contributed by atoms with Crippen molar-refractivity contribution < 1.29 is 14.6 Å². The first kappa shape index (κ1) is 12.0. The Labute approximate surface area is 62.0 Å². The first-order chi connectivity index (χ1) is 4.42. The van der Waals surface area contributed by atoms with E-state index in [-0.39, 0.29) is 0 Å². The van der Waals surface area contributed by atoms with Gasteiger partial charge in [0, 0.05) is 0 Å². The van der Waals surface area contributed by atoms with Crippen LogP contribution in [0.5, 0.6) is 0 Å². The Hall–Kier alpha value is -0.730. The van der Waals surface area contributed by atoms with Gasteiger partial charge in [-0.05, 0) is 20.8 Å². The predicted molar refractivity (Wildman–Crippen MR) is 40.2 cm³/mol. The summed E-state index contributed by atoms with van der Waals surface area (Å²) >= 11 is 0. The summed E-state index contributed by atoms with van der Waals surface area (Å²) in [7, 11) is 0. The van der Waals surface area contributed by atoms with E-state index in [2.05, 4.69) is 4.74 Å². The zero-order chi connectivity index (χ0) is 8.78. The summed E-state index contributed by atoms with van der Waals surface area (Å²) in [6.07, 6.45) is -1.22. The molecule has 0 saturated carbocycles. The highest BCUT2D eigenvalue weighted by atomic mass is 16.7. The van der Waals surface area contributed by atoms with E-state index < -0.39 is 11.8 Å². The van der Waals surface area contributed by atoms with E-state index in [1.807, 2.05) is 13.8 Å². The minimum Gasteiger partial charge on any atom is -0.450 e. The van der Waals surface area contributed by atoms with Crippen LogP contribution < -0.4 is 0 Å². The van der Waals surface area contributed by atoms with E-state index in [4.69, 9.17) is 5.11 Å². The lowest BCUT2D eigenvalue weighted by molar-refractivity contribution is 0.0150. The minimum atomic E-state index is -1.22. The van der Waals surface area contributed by atoms with Gasteiger partial charge in [-0.2, -0.15) is 0 Å². The van der Waals surface area contributed by atoms with Crippen molar-refractivity contribution in [2.24, 2.45) is 0 Å². The fourth-order valence-corrected chi connectivity index (χ4v) is 0.262. The van der Waals surface area contributed by atoms with Crippen LogP contribution in [-0.2, 0) is 4.74 Å². The Kier molecular flexibility index (Phi) is 6.10. The summed E-state index contributed by atoms with van der Waals surface area (Å²) < 4.78 is 4.35. The highest BCUT2D eigenvalue weighted by molar-refractivity contribution is 5.57. The zero-order valence-corrected chi connectivity index (χ0v) is 7.26. The molecule has 0 fully saturated rings. The molecule has 0 aliphatic rings. The Morgan fingerprint density at radius 1 is 1.30 bits per heavy atom. The summed E-state index contributed by atoms with van der Waals surface area (Å²) in [6, 6.07) is 0. The molecule has 3 heteroatoms. The van der Waals surface area contributed by atoms with E-state index in [0.29, 0.717) is 0 Å². The molecule has 0 saturated heterocycles. The van der Waals surface area contributed by atoms with E-state index >= 15 is 0 Å². The van der Waals surface area contributed by atoms with Crippen molar-refractivity contribution in [3.05, 3.63) is 0 Å². The smallest absolute Gasteiger partial charge is 0.450 e. The van der Waals surface area contributed by atoms with E-state index in [1.54, 1.807) is 20.8 Å². The average molecular weight is 148 g/mol. The maximum Gasteiger partial charge on any atom is 0.506 e. The zero-order valence-electron chi connectivity index (χ0n) is 7.26. The normalized spacial score (nSPS) is 9.30. The van der Waals surface area contributed by atoms with Crippen LogP contribution in [0.2, 0.25) is 0 Å². The maximum absolute atomic E-state index is 9.79. The summed E-state index contributed by atoms with van der Waals surface area (Å²) in [5.41, 5.74) is -0.578. The van der Waals surface area contributed by atoms with Crippen LogP contribution in [0.1, 0.15) is 34.6 Å². The van der Waals surface area contributed by atoms with Gasteiger partial charge in [0.2, 0.25) is 0 Å². The van der Waals surface area contributed by atoms with Crippen LogP contribution in [-0.4, -0.2) is 16.9 Å². The molecule has 0 aliphatic carbocycles. The number of carbonyl (C=O) groups is 1. The number of hydrogen-bond donors (Lipinski definition) is 1. The van der Waals surface area contributed by atoms with Crippen LogP contribution >= 0.6 is 0 Å². The number of ether oxygens (including phenoxy) is 1. The molecule has 0 aromatic heterocycles. The van der Waals surface area contributed by atoms with Gasteiger partial charge in [0.1, 0.15) is 5.60 Å². The van der Waals surface area contributed by atoms with Crippen molar-refractivity contribution in [1.29, 1.82) is 0 Å². The first-order valence-corrected chi connectivity index (χ1v) is 3.34. The van der Waals surface area contributed by atoms with Crippen LogP contribution in [0.15, 0.2) is 0 Å². The summed E-state index contributed by atoms with van der Waals surface area (Å²) in [6.45, 7) is 9.04. The highest BCUT2D eigenvalue weighted by Crippen LogP contribution is 2.05. The van der Waals surface area contributed by atoms with Gasteiger partial charge in [-0.3, -0.25) is 0 Å². The molecule has 1 N–H and O–H groups in total. The van der Waals surface area contributed by atoms with Crippen LogP contribution in [0, 0.1) is 0 Å². The SMILES string of the molecule is CC.CC(C)(C)OC(=O)O. The Balaban J connectivity index is 0. The third kappa shape index (κ3) is 15.7. The van der Waals surface area contributed by atoms with Crippen LogP contribution in [0.4, 0.5) is 4.79 Å². The van der Waals surface area contributed by atoms with Crippen molar-refractivity contribution in [3.63, 3.8) is 0 Å². The average Bonchev–Trinajstić information content (AvgIpc) is 1.64. The quantitative estimate of drug-likeness (QED) is 0.537. The predicted octanol–water partition coefficient (Wildman–Crippen LogP) is 2.51. The maximum atomic E-state index is 9.79. The summed E-state index contributed by atoms with van der Waals surface area (Å²) in [5, 5.41) is 8.03. The van der Waals surface area contributed by atoms with E-state index in [0.717, 1.165) is 0 Å². The Morgan fingerprint density at radius 3 is 1.60 bits per heavy atom. The molecule has 3 nitrogen and oxygen atoms in total. The molecule has 0 aromatic rings. The molecule has 0 heterocycles. The topological polar surface area (TPSA) is 46.5 Å². The van der Waals surface area contributed by atoms with Gasteiger partial charge >= 0.3 is 6.16 Å². The molecule has 0 unspecified atom stereocenters. The second kappa shape index (κ2) is 5.09. The second-order valence-electron chi connectivity index (χ2n) is 2.48. The number of rotatable bonds is 0. The van der Waals surface area contributed by atoms with Gasteiger partial charge in [-0.25, -0.2) is 4.79 Å². The van der Waals surface area contributed by atoms with Crippen molar-refractivity contribution in [1.82, 2.24) is 0 Å². The second-order valence-corrected chi connectivity index (χ2v) is 2.48. The summed E-state index contributed by atoms with van der Waals surface area (Å²) in [5.74, 6) is 0. The molecule has 0 rings (SSSR count). The number of carboxylic acid groups (broad SMARTS) is 1. The van der Waals surface area contributed by atoms with Gasteiger partial charge < -0.3 is 9.84 Å². The molecule has 0 bridgehead atoms. The third-order valence-electron chi connectivity index (χ3n) is 0.393. The molecule has 0 radical (unpaired) electrons. The lowest BCUT2D eigenvalue weighted by Gasteiger charge is -2.15. The molecule has 0 amide bonds. The van der Waals surface area contributed by atoms with Gasteiger partial charge in [-0.15, -0.1) is 0 Å². The fraction of sp³-hybridized carbons (Fsp3) is 0.857. The van der Waals surface area contributed by atoms with Crippen LogP contribution in [0.3, 0.4) is 0 Å². The molecule has 10 heavy (non-hydrogen) atoms. The third-order valence-corrected chi connectivity index (χ3v) is 0.393. The molecule has 62 valence electrons. The molecular formula is C7H16O3. The molecule has 0 atom stereocenters. The standard InChI is InChI=1S/C5H10O3.C2H6/c1-5(2,3)8-4(6)7;1-2/h1-3H3,(H,6,7);1-2H3. The van der Waals surface area contributed by atoms with Crippen LogP contribution in [0.25, 0.3) is 0 Å². The fourth-order valence-electron chi connectivity index (χ4n) is 0.262. The van der Waals surface area contributed by atoms with Crippen molar-refractivity contribution in [2.75, 3.05) is 0 Å². The molecule has 0 aliphatic heterocycles. The van der Waals surface area contributed by atoms with Gasteiger partial charge in [0.25, 0.3) is 0 Å². The monoisotopic (exact) mass is 148 g/mol.